The molecule has 50 valence electrons. The van der Waals surface area contributed by atoms with Crippen LogP contribution in [0.25, 0.3) is 0 Å². The predicted octanol–water partition coefficient (Wildman–Crippen LogP) is -4.34. The van der Waals surface area contributed by atoms with E-state index in [9.17, 15) is 10.1 Å². The van der Waals surface area contributed by atoms with Crippen molar-refractivity contribution in [2.75, 3.05) is 11.7 Å². The first-order chi connectivity index (χ1) is 3.81. The number of quaternary nitrogens is 1. The van der Waals surface area contributed by atoms with Gasteiger partial charge in [-0.25, -0.2) is 0 Å². The van der Waals surface area contributed by atoms with E-state index in [1.165, 1.54) is 7.11 Å². The first-order valence-electron chi connectivity index (χ1n) is 1.77. The van der Waals surface area contributed by atoms with Gasteiger partial charge in [-0.1, -0.05) is 0 Å². The molecule has 0 rings (SSSR count). The summed E-state index contributed by atoms with van der Waals surface area (Å²) in [7, 11) is 1.30. The molecule has 5 nitrogen and oxygen atoms in total. The molecule has 0 aliphatic rings. The zero-order valence-electron chi connectivity index (χ0n) is 4.26. The molecule has 0 spiro atoms. The Morgan fingerprint density at radius 1 is 2.00 bits per heavy atom. The van der Waals surface area contributed by atoms with E-state index in [1.807, 2.05) is 0 Å². The summed E-state index contributed by atoms with van der Waals surface area (Å²) in [5.41, 5.74) is 0. The predicted molar refractivity (Wildman–Crippen MR) is 22.0 cm³/mol. The quantitative estimate of drug-likeness (QED) is 0.133. The molecule has 0 saturated heterocycles. The number of hydrogen-bond acceptors (Lipinski definition) is 4. The molecule has 0 amide bonds. The molecule has 0 aromatic rings. The zero-order chi connectivity index (χ0) is 6.41. The fraction of sp³-hybridized carbons (Fsp3) is 1.00. The van der Waals surface area contributed by atoms with Gasteiger partial charge in [0.25, 0.3) is 0 Å². The summed E-state index contributed by atoms with van der Waals surface area (Å²) >= 11 is -0.778. The van der Waals surface area contributed by atoms with Crippen LogP contribution in [-0.4, -0.2) is 11.7 Å². The van der Waals surface area contributed by atoms with E-state index < -0.39 is 21.5 Å². The van der Waals surface area contributed by atoms with Crippen molar-refractivity contribution < 1.29 is 29.8 Å². The van der Waals surface area contributed by atoms with E-state index >= 15 is 0 Å². The second-order valence-corrected chi connectivity index (χ2v) is 3.15. The summed E-state index contributed by atoms with van der Waals surface area (Å²) in [4.78, 5) is 13.7. The van der Waals surface area contributed by atoms with Crippen molar-refractivity contribution in [2.45, 2.75) is 0 Å². The molecule has 0 radical (unpaired) electrons. The monoisotopic (exact) mass is 233 g/mol. The number of nitroso groups, excluding NO2 is 1. The van der Waals surface area contributed by atoms with Crippen molar-refractivity contribution in [1.29, 1.82) is 0 Å². The molecule has 1 unspecified atom stereocenters. The molecule has 0 aliphatic carbocycles. The molecule has 1 N–H and O–H groups in total. The molecular weight excluding hydrogens is 227 g/mol. The average molecular weight is 233 g/mol. The summed E-state index contributed by atoms with van der Waals surface area (Å²) in [5.74, 6) is 0. The van der Waals surface area contributed by atoms with Crippen molar-refractivity contribution in [3.8, 4) is 0 Å². The molecular formula is C2H6IN2O3-. The summed E-state index contributed by atoms with van der Waals surface area (Å²) in [6.07, 6.45) is 0. The summed E-state index contributed by atoms with van der Waals surface area (Å²) < 4.78 is -0.172. The van der Waals surface area contributed by atoms with Crippen LogP contribution in [0.1, 0.15) is 0 Å². The number of alkyl halides is 1. The maximum atomic E-state index is 10.2. The van der Waals surface area contributed by atoms with E-state index in [4.69, 9.17) is 0 Å². The Kier molecular flexibility index (Phi) is 5.49. The zero-order valence-corrected chi connectivity index (χ0v) is 6.41. The molecule has 6 heteroatoms. The molecule has 0 heterocycles. The van der Waals surface area contributed by atoms with Crippen LogP contribution in [0.3, 0.4) is 0 Å². The Balaban J connectivity index is 2.97. The van der Waals surface area contributed by atoms with Gasteiger partial charge in [-0.3, -0.25) is 0 Å². The van der Waals surface area contributed by atoms with Crippen LogP contribution in [0.15, 0.2) is 5.18 Å². The van der Waals surface area contributed by atoms with Gasteiger partial charge in [0, 0.05) is 0 Å². The van der Waals surface area contributed by atoms with Gasteiger partial charge in [0.2, 0.25) is 0 Å². The number of halogens is 1. The Hall–Kier alpha value is 0.210. The van der Waals surface area contributed by atoms with Crippen molar-refractivity contribution in [3.63, 3.8) is 0 Å². The van der Waals surface area contributed by atoms with Crippen molar-refractivity contribution in [3.05, 3.63) is 10.1 Å². The normalized spacial score (nSPS) is 13.8. The molecule has 0 fully saturated rings. The molecule has 0 aromatic heterocycles. The van der Waals surface area contributed by atoms with Gasteiger partial charge >= 0.3 is 56.7 Å². The first-order valence-corrected chi connectivity index (χ1v) is 4.38. The second-order valence-electron chi connectivity index (χ2n) is 0.824. The fourth-order valence-corrected chi connectivity index (χ4v) is 0.857. The van der Waals surface area contributed by atoms with Gasteiger partial charge in [-0.2, -0.15) is 0 Å². The molecule has 1 atom stereocenters. The Labute approximate surface area is 57.1 Å². The molecule has 0 aromatic carbocycles. The van der Waals surface area contributed by atoms with Crippen LogP contribution in [0.2, 0.25) is 0 Å². The van der Waals surface area contributed by atoms with Crippen LogP contribution in [0, 0.1) is 10.1 Å². The third-order valence-corrected chi connectivity index (χ3v) is 2.06. The van der Waals surface area contributed by atoms with E-state index in [2.05, 4.69) is 10.0 Å². The molecule has 0 saturated carbocycles. The van der Waals surface area contributed by atoms with Crippen molar-refractivity contribution in [2.24, 2.45) is 5.18 Å². The van der Waals surface area contributed by atoms with E-state index in [0.717, 1.165) is 0 Å². The maximum absolute atomic E-state index is 10.2. The Bertz CT molecular complexity index is 70.3. The topological polar surface area (TPSA) is 66.2 Å². The third kappa shape index (κ3) is 4.37. The number of nitrogens with zero attached hydrogens (tertiary/aromatic N) is 1. The number of rotatable bonds is 4. The number of nitrogens with one attached hydrogen (secondary N) is 1. The number of hydrogen-bond donors (Lipinski definition) is 1. The Morgan fingerprint density at radius 3 is 3.00 bits per heavy atom. The van der Waals surface area contributed by atoms with Crippen LogP contribution in [0.4, 0.5) is 0 Å². The van der Waals surface area contributed by atoms with Crippen molar-refractivity contribution >= 4 is 0 Å². The van der Waals surface area contributed by atoms with Crippen LogP contribution < -0.4 is 24.9 Å². The van der Waals surface area contributed by atoms with Gasteiger partial charge in [-0.05, 0) is 0 Å². The minimum atomic E-state index is -0.778. The SMILES string of the molecule is CO[NH+]([O-])[I-]CN=O. The summed E-state index contributed by atoms with van der Waals surface area (Å²) in [6, 6.07) is 0. The van der Waals surface area contributed by atoms with E-state index in [0.29, 0.717) is 0 Å². The Morgan fingerprint density at radius 2 is 2.62 bits per heavy atom. The molecule has 8 heavy (non-hydrogen) atoms. The van der Waals surface area contributed by atoms with Gasteiger partial charge in [0.1, 0.15) is 0 Å². The van der Waals surface area contributed by atoms with Crippen LogP contribution in [0.5, 0.6) is 0 Å². The van der Waals surface area contributed by atoms with Gasteiger partial charge < -0.3 is 0 Å². The molecule has 0 bridgehead atoms. The van der Waals surface area contributed by atoms with Gasteiger partial charge in [0.05, 0.1) is 0 Å². The summed E-state index contributed by atoms with van der Waals surface area (Å²) in [6.45, 7) is 0. The average Bonchev–Trinajstić information content (AvgIpc) is 1.83. The van der Waals surface area contributed by atoms with Gasteiger partial charge in [-0.15, -0.1) is 0 Å². The fourth-order valence-electron chi connectivity index (χ4n) is 0.128. The standard InChI is InChI=1S/C2H6IN2O3/c1-8-5(7)3-2-4-6/h5H,2H2,1H3/q-1. The minimum absolute atomic E-state index is 0.117. The van der Waals surface area contributed by atoms with Gasteiger partial charge in [0.15, 0.2) is 0 Å². The van der Waals surface area contributed by atoms with E-state index in [-0.39, 0.29) is 7.99 Å². The second kappa shape index (κ2) is 5.35. The summed E-state index contributed by atoms with van der Waals surface area (Å²) in [5, 5.41) is 12.7. The first kappa shape index (κ1) is 8.21. The van der Waals surface area contributed by atoms with Crippen LogP contribution >= 0.6 is 0 Å². The third-order valence-electron chi connectivity index (χ3n) is 0.378. The van der Waals surface area contributed by atoms with Crippen molar-refractivity contribution in [1.82, 2.24) is 0 Å². The van der Waals surface area contributed by atoms with Crippen LogP contribution in [-0.2, 0) is 4.84 Å². The molecule has 0 aliphatic heterocycles. The van der Waals surface area contributed by atoms with E-state index in [1.54, 1.807) is 0 Å².